The summed E-state index contributed by atoms with van der Waals surface area (Å²) in [6.45, 7) is 7.30. The van der Waals surface area contributed by atoms with E-state index in [-0.39, 0.29) is 5.75 Å². The molecule has 1 heterocycles. The number of hydrogen-bond acceptors (Lipinski definition) is 4. The summed E-state index contributed by atoms with van der Waals surface area (Å²) in [6, 6.07) is 5.21. The first-order valence-corrected chi connectivity index (χ1v) is 9.15. The zero-order valence-electron chi connectivity index (χ0n) is 15.7. The molecule has 6 heteroatoms. The average Bonchev–Trinajstić information content (AvgIpc) is 2.64. The van der Waals surface area contributed by atoms with Crippen molar-refractivity contribution in [1.82, 2.24) is 15.5 Å². The van der Waals surface area contributed by atoms with E-state index in [1.54, 1.807) is 26.3 Å². The van der Waals surface area contributed by atoms with Gasteiger partial charge in [-0.3, -0.25) is 4.99 Å². The first-order chi connectivity index (χ1) is 12.1. The van der Waals surface area contributed by atoms with Gasteiger partial charge in [-0.15, -0.1) is 0 Å². The van der Waals surface area contributed by atoms with Crippen molar-refractivity contribution in [2.75, 3.05) is 40.3 Å². The van der Waals surface area contributed by atoms with Crippen LogP contribution in [-0.2, 0) is 6.54 Å². The van der Waals surface area contributed by atoms with Gasteiger partial charge in [0.25, 0.3) is 0 Å². The molecule has 0 aromatic heterocycles. The lowest BCUT2D eigenvalue weighted by molar-refractivity contribution is 0.191. The van der Waals surface area contributed by atoms with E-state index >= 15 is 0 Å². The fourth-order valence-corrected chi connectivity index (χ4v) is 3.03. The van der Waals surface area contributed by atoms with Gasteiger partial charge in [-0.05, 0) is 63.0 Å². The molecule has 0 radical (unpaired) electrons. The Labute approximate surface area is 151 Å². The van der Waals surface area contributed by atoms with E-state index < -0.39 is 0 Å². The summed E-state index contributed by atoms with van der Waals surface area (Å²) in [6.07, 6.45) is 3.74. The predicted molar refractivity (Wildman–Crippen MR) is 102 cm³/mol. The van der Waals surface area contributed by atoms with Crippen molar-refractivity contribution >= 4 is 5.96 Å². The zero-order chi connectivity index (χ0) is 18.1. The number of phenolic OH excluding ortho intramolecular Hbond substituents is 1. The van der Waals surface area contributed by atoms with Gasteiger partial charge in [0, 0.05) is 25.7 Å². The fourth-order valence-electron chi connectivity index (χ4n) is 3.03. The smallest absolute Gasteiger partial charge is 0.191 e. The number of piperidine rings is 1. The van der Waals surface area contributed by atoms with Gasteiger partial charge in [0.15, 0.2) is 5.96 Å². The van der Waals surface area contributed by atoms with Crippen LogP contribution in [0.25, 0.3) is 0 Å². The van der Waals surface area contributed by atoms with Crippen LogP contribution in [0.15, 0.2) is 23.2 Å². The molecule has 0 saturated carbocycles. The molecule has 0 bridgehead atoms. The second-order valence-corrected chi connectivity index (χ2v) is 6.72. The molecule has 0 unspecified atom stereocenters. The molecule has 1 fully saturated rings. The van der Waals surface area contributed by atoms with Crippen LogP contribution >= 0.6 is 0 Å². The fraction of sp³-hybridized carbons (Fsp3) is 0.632. The predicted octanol–water partition coefficient (Wildman–Crippen LogP) is 2.19. The lowest BCUT2D eigenvalue weighted by Gasteiger charge is -2.30. The van der Waals surface area contributed by atoms with E-state index in [9.17, 15) is 5.11 Å². The summed E-state index contributed by atoms with van der Waals surface area (Å²) < 4.78 is 5.20. The second-order valence-electron chi connectivity index (χ2n) is 6.72. The maximum atomic E-state index is 9.93. The third kappa shape index (κ3) is 6.46. The molecule has 140 valence electrons. The van der Waals surface area contributed by atoms with Gasteiger partial charge in [0.2, 0.25) is 0 Å². The van der Waals surface area contributed by atoms with Gasteiger partial charge in [-0.2, -0.15) is 0 Å². The number of methoxy groups -OCH3 is 1. The minimum atomic E-state index is 0.253. The highest BCUT2D eigenvalue weighted by molar-refractivity contribution is 5.79. The van der Waals surface area contributed by atoms with Crippen LogP contribution in [0.3, 0.4) is 0 Å². The number of phenols is 1. The summed E-state index contributed by atoms with van der Waals surface area (Å²) in [5.41, 5.74) is 0.782. The summed E-state index contributed by atoms with van der Waals surface area (Å²) in [5, 5.41) is 16.5. The van der Waals surface area contributed by atoms with Crippen LogP contribution in [0, 0.1) is 5.92 Å². The number of ether oxygens (including phenoxy) is 1. The number of guanidine groups is 1. The number of aromatic hydroxyl groups is 1. The Morgan fingerprint density at radius 3 is 2.76 bits per heavy atom. The Morgan fingerprint density at radius 1 is 1.32 bits per heavy atom. The van der Waals surface area contributed by atoms with Crippen LogP contribution in [-0.4, -0.2) is 56.3 Å². The third-order valence-electron chi connectivity index (χ3n) is 4.78. The molecule has 2 rings (SSSR count). The number of hydrogen-bond donors (Lipinski definition) is 3. The zero-order valence-corrected chi connectivity index (χ0v) is 15.7. The maximum absolute atomic E-state index is 9.93. The van der Waals surface area contributed by atoms with Crippen molar-refractivity contribution in [2.45, 2.75) is 32.7 Å². The Kier molecular flexibility index (Phi) is 7.85. The van der Waals surface area contributed by atoms with Gasteiger partial charge >= 0.3 is 0 Å². The molecule has 1 aliphatic rings. The number of nitrogens with one attached hydrogen (secondary N) is 2. The molecular formula is C19H32N4O2. The molecule has 1 aliphatic heterocycles. The van der Waals surface area contributed by atoms with E-state index in [1.165, 1.54) is 25.9 Å². The molecule has 1 aromatic carbocycles. The number of likely N-dealkylation sites (tertiary alicyclic amines) is 1. The molecule has 6 nitrogen and oxygen atoms in total. The third-order valence-corrected chi connectivity index (χ3v) is 4.78. The Bertz CT molecular complexity index is 554. The lowest BCUT2D eigenvalue weighted by atomic mass is 9.99. The van der Waals surface area contributed by atoms with Crippen LogP contribution in [0.4, 0.5) is 0 Å². The van der Waals surface area contributed by atoms with Crippen LogP contribution < -0.4 is 15.4 Å². The van der Waals surface area contributed by atoms with Crippen molar-refractivity contribution < 1.29 is 9.84 Å². The van der Waals surface area contributed by atoms with E-state index in [2.05, 4.69) is 27.4 Å². The summed E-state index contributed by atoms with van der Waals surface area (Å²) in [7, 11) is 3.37. The molecule has 1 saturated heterocycles. The normalized spacial score (nSPS) is 16.7. The molecule has 25 heavy (non-hydrogen) atoms. The van der Waals surface area contributed by atoms with E-state index in [4.69, 9.17) is 4.74 Å². The Morgan fingerprint density at radius 2 is 2.08 bits per heavy atom. The summed E-state index contributed by atoms with van der Waals surface area (Å²) in [4.78, 5) is 6.79. The van der Waals surface area contributed by atoms with Crippen molar-refractivity contribution in [3.05, 3.63) is 23.8 Å². The highest BCUT2D eigenvalue weighted by Crippen LogP contribution is 2.22. The molecule has 3 N–H and O–H groups in total. The monoisotopic (exact) mass is 348 g/mol. The molecule has 0 amide bonds. The standard InChI is InChI=1S/C19H32N4O2/c1-15-7-11-23(12-8-15)10-4-9-21-19(20-2)22-14-16-13-17(25-3)5-6-18(16)24/h5-6,13,15,24H,4,7-12,14H2,1-3H3,(H2,20,21,22). The van der Waals surface area contributed by atoms with Gasteiger partial charge in [0.1, 0.15) is 11.5 Å². The van der Waals surface area contributed by atoms with Crippen molar-refractivity contribution in [2.24, 2.45) is 10.9 Å². The molecular weight excluding hydrogens is 316 g/mol. The first kappa shape index (κ1) is 19.4. The van der Waals surface area contributed by atoms with Crippen LogP contribution in [0.1, 0.15) is 31.7 Å². The van der Waals surface area contributed by atoms with Crippen LogP contribution in [0.2, 0.25) is 0 Å². The minimum absolute atomic E-state index is 0.253. The maximum Gasteiger partial charge on any atom is 0.191 e. The second kappa shape index (κ2) is 10.1. The largest absolute Gasteiger partial charge is 0.508 e. The summed E-state index contributed by atoms with van der Waals surface area (Å²) in [5.74, 6) is 2.61. The number of rotatable bonds is 7. The number of benzene rings is 1. The van der Waals surface area contributed by atoms with Crippen molar-refractivity contribution in [3.63, 3.8) is 0 Å². The van der Waals surface area contributed by atoms with Crippen molar-refractivity contribution in [3.8, 4) is 11.5 Å². The molecule has 1 aromatic rings. The number of nitrogens with zero attached hydrogens (tertiary/aromatic N) is 2. The van der Waals surface area contributed by atoms with Gasteiger partial charge in [-0.1, -0.05) is 6.92 Å². The average molecular weight is 348 g/mol. The van der Waals surface area contributed by atoms with Gasteiger partial charge in [0.05, 0.1) is 7.11 Å². The van der Waals surface area contributed by atoms with E-state index in [1.807, 2.05) is 6.07 Å². The van der Waals surface area contributed by atoms with Gasteiger partial charge < -0.3 is 25.4 Å². The highest BCUT2D eigenvalue weighted by atomic mass is 16.5. The van der Waals surface area contributed by atoms with Crippen LogP contribution in [0.5, 0.6) is 11.5 Å². The molecule has 0 atom stereocenters. The first-order valence-electron chi connectivity index (χ1n) is 9.15. The van der Waals surface area contributed by atoms with Crippen molar-refractivity contribution in [1.29, 1.82) is 0 Å². The topological polar surface area (TPSA) is 69.1 Å². The molecule has 0 spiro atoms. The number of aliphatic imine (C=N–C) groups is 1. The molecule has 0 aliphatic carbocycles. The van der Waals surface area contributed by atoms with Gasteiger partial charge in [-0.25, -0.2) is 0 Å². The Hall–Kier alpha value is -1.95. The highest BCUT2D eigenvalue weighted by Gasteiger charge is 2.14. The van der Waals surface area contributed by atoms with E-state index in [0.717, 1.165) is 42.7 Å². The minimum Gasteiger partial charge on any atom is -0.508 e. The summed E-state index contributed by atoms with van der Waals surface area (Å²) >= 11 is 0. The lowest BCUT2D eigenvalue weighted by Crippen LogP contribution is -2.39. The Balaban J connectivity index is 1.69. The SMILES string of the molecule is CN=C(NCCCN1CCC(C)CC1)NCc1cc(OC)ccc1O. The quantitative estimate of drug-likeness (QED) is 0.400. The van der Waals surface area contributed by atoms with E-state index in [0.29, 0.717) is 6.54 Å².